The first kappa shape index (κ1) is 17.0. The Kier molecular flexibility index (Phi) is 7.03. The lowest BCUT2D eigenvalue weighted by molar-refractivity contribution is 0.154. The van der Waals surface area contributed by atoms with Crippen molar-refractivity contribution in [1.29, 1.82) is 0 Å². The molecule has 0 aromatic heterocycles. The maximum absolute atomic E-state index is 9.55. The number of anilines is 1. The molecule has 2 N–H and O–H groups in total. The highest BCUT2D eigenvalue weighted by Gasteiger charge is 2.22. The van der Waals surface area contributed by atoms with Crippen LogP contribution in [0.3, 0.4) is 0 Å². The Morgan fingerprint density at radius 2 is 1.85 bits per heavy atom. The molecular formula is C17H30N2O. The van der Waals surface area contributed by atoms with Gasteiger partial charge in [0.25, 0.3) is 0 Å². The lowest BCUT2D eigenvalue weighted by atomic mass is 9.94. The van der Waals surface area contributed by atoms with Gasteiger partial charge in [-0.1, -0.05) is 32.0 Å². The Balaban J connectivity index is 2.30. The Hall–Kier alpha value is -1.06. The molecule has 1 rings (SSSR count). The fraction of sp³-hybridized carbons (Fsp3) is 0.647. The van der Waals surface area contributed by atoms with Gasteiger partial charge < -0.3 is 15.3 Å². The van der Waals surface area contributed by atoms with Crippen LogP contribution in [-0.4, -0.2) is 36.9 Å². The lowest BCUT2D eigenvalue weighted by Crippen LogP contribution is -2.49. The van der Waals surface area contributed by atoms with Gasteiger partial charge in [0.1, 0.15) is 0 Å². The minimum absolute atomic E-state index is 0.153. The average molecular weight is 278 g/mol. The van der Waals surface area contributed by atoms with Gasteiger partial charge in [-0.15, -0.1) is 0 Å². The van der Waals surface area contributed by atoms with Crippen molar-refractivity contribution in [3.63, 3.8) is 0 Å². The van der Waals surface area contributed by atoms with E-state index in [1.54, 1.807) is 0 Å². The topological polar surface area (TPSA) is 35.5 Å². The van der Waals surface area contributed by atoms with E-state index in [4.69, 9.17) is 0 Å². The van der Waals surface area contributed by atoms with Crippen LogP contribution in [0.15, 0.2) is 30.3 Å². The van der Waals surface area contributed by atoms with Gasteiger partial charge >= 0.3 is 0 Å². The Morgan fingerprint density at radius 3 is 2.40 bits per heavy atom. The molecule has 3 nitrogen and oxygen atoms in total. The van der Waals surface area contributed by atoms with Crippen molar-refractivity contribution in [2.45, 2.75) is 51.6 Å². The number of aliphatic hydroxyl groups excluding tert-OH is 1. The van der Waals surface area contributed by atoms with Crippen molar-refractivity contribution in [2.75, 3.05) is 25.1 Å². The summed E-state index contributed by atoms with van der Waals surface area (Å²) in [5.74, 6) is 0. The van der Waals surface area contributed by atoms with E-state index in [1.165, 1.54) is 5.69 Å². The van der Waals surface area contributed by atoms with Crippen LogP contribution in [0.25, 0.3) is 0 Å². The Morgan fingerprint density at radius 1 is 1.20 bits per heavy atom. The number of hydrogen-bond donors (Lipinski definition) is 2. The smallest absolute Gasteiger partial charge is 0.0610 e. The molecule has 3 heteroatoms. The molecule has 114 valence electrons. The highest BCUT2D eigenvalue weighted by atomic mass is 16.3. The van der Waals surface area contributed by atoms with E-state index in [9.17, 15) is 5.11 Å². The summed E-state index contributed by atoms with van der Waals surface area (Å²) < 4.78 is 0. The van der Waals surface area contributed by atoms with Gasteiger partial charge in [0.15, 0.2) is 0 Å². The van der Waals surface area contributed by atoms with Crippen LogP contribution >= 0.6 is 0 Å². The molecule has 0 fully saturated rings. The fourth-order valence-corrected chi connectivity index (χ4v) is 2.57. The van der Waals surface area contributed by atoms with Gasteiger partial charge in [0.2, 0.25) is 0 Å². The molecule has 0 heterocycles. The first-order chi connectivity index (χ1) is 9.47. The summed E-state index contributed by atoms with van der Waals surface area (Å²) in [6, 6.07) is 10.9. The largest absolute Gasteiger partial charge is 0.394 e. The van der Waals surface area contributed by atoms with Crippen LogP contribution < -0.4 is 10.2 Å². The van der Waals surface area contributed by atoms with Crippen molar-refractivity contribution in [3.8, 4) is 0 Å². The first-order valence-electron chi connectivity index (χ1n) is 7.61. The number of unbranched alkanes of at least 4 members (excludes halogenated alkanes) is 1. The summed E-state index contributed by atoms with van der Waals surface area (Å²) in [6.45, 7) is 7.59. The zero-order valence-corrected chi connectivity index (χ0v) is 13.4. The highest BCUT2D eigenvalue weighted by Crippen LogP contribution is 2.16. The van der Waals surface area contributed by atoms with Crippen molar-refractivity contribution < 1.29 is 5.11 Å². The van der Waals surface area contributed by atoms with E-state index in [0.717, 1.165) is 25.8 Å². The third-order valence-electron chi connectivity index (χ3n) is 3.66. The lowest BCUT2D eigenvalue weighted by Gasteiger charge is -2.31. The second-order valence-corrected chi connectivity index (χ2v) is 6.23. The molecule has 0 radical (unpaired) electrons. The quantitative estimate of drug-likeness (QED) is 0.682. The van der Waals surface area contributed by atoms with Gasteiger partial charge in [-0.25, -0.2) is 0 Å². The summed E-state index contributed by atoms with van der Waals surface area (Å²) in [4.78, 5) is 2.28. The molecule has 1 unspecified atom stereocenters. The highest BCUT2D eigenvalue weighted by molar-refractivity contribution is 5.44. The monoisotopic (exact) mass is 278 g/mol. The molecule has 0 bridgehead atoms. The van der Waals surface area contributed by atoms with E-state index in [0.29, 0.717) is 6.04 Å². The minimum atomic E-state index is -0.153. The van der Waals surface area contributed by atoms with E-state index >= 15 is 0 Å². The van der Waals surface area contributed by atoms with E-state index in [-0.39, 0.29) is 12.1 Å². The fourth-order valence-electron chi connectivity index (χ4n) is 2.57. The number of rotatable bonds is 9. The molecule has 1 aromatic rings. The molecule has 1 atom stereocenters. The second kappa shape index (κ2) is 8.28. The summed E-state index contributed by atoms with van der Waals surface area (Å²) in [6.07, 6.45) is 3.26. The maximum atomic E-state index is 9.55. The number of nitrogens with zero attached hydrogens (tertiary/aromatic N) is 1. The Bertz CT molecular complexity index is 367. The molecule has 0 saturated heterocycles. The summed E-state index contributed by atoms with van der Waals surface area (Å²) >= 11 is 0. The molecule has 0 aliphatic carbocycles. The second-order valence-electron chi connectivity index (χ2n) is 6.23. The zero-order valence-electron chi connectivity index (χ0n) is 13.4. The molecular weight excluding hydrogens is 248 g/mol. The van der Waals surface area contributed by atoms with E-state index < -0.39 is 0 Å². The normalized spacial score (nSPS) is 14.3. The van der Waals surface area contributed by atoms with Gasteiger partial charge in [-0.05, 0) is 38.3 Å². The SMILES string of the molecule is CC(C)NC(C)(CO)CCCCN(C)c1ccccc1. The number of aliphatic hydroxyl groups is 1. The van der Waals surface area contributed by atoms with Crippen LogP contribution in [0.1, 0.15) is 40.0 Å². The standard InChI is InChI=1S/C17H30N2O/c1-15(2)18-17(3,14-20)12-8-9-13-19(4)16-10-6-5-7-11-16/h5-7,10-11,15,18,20H,8-9,12-14H2,1-4H3. The molecule has 0 saturated carbocycles. The van der Waals surface area contributed by atoms with Crippen molar-refractivity contribution in [3.05, 3.63) is 30.3 Å². The Labute approximate surface area is 124 Å². The average Bonchev–Trinajstić information content (AvgIpc) is 2.43. The minimum Gasteiger partial charge on any atom is -0.394 e. The van der Waals surface area contributed by atoms with Crippen LogP contribution in [0, 0.1) is 0 Å². The van der Waals surface area contributed by atoms with Gasteiger partial charge in [-0.2, -0.15) is 0 Å². The number of para-hydroxylation sites is 1. The summed E-state index contributed by atoms with van der Waals surface area (Å²) in [5.41, 5.74) is 1.11. The molecule has 0 aliphatic rings. The molecule has 0 amide bonds. The van der Waals surface area contributed by atoms with E-state index in [2.05, 4.69) is 62.3 Å². The van der Waals surface area contributed by atoms with Crippen molar-refractivity contribution >= 4 is 5.69 Å². The third-order valence-corrected chi connectivity index (χ3v) is 3.66. The molecule has 0 spiro atoms. The maximum Gasteiger partial charge on any atom is 0.0610 e. The predicted molar refractivity (Wildman–Crippen MR) is 87.3 cm³/mol. The van der Waals surface area contributed by atoms with Gasteiger partial charge in [-0.3, -0.25) is 0 Å². The van der Waals surface area contributed by atoms with Crippen molar-refractivity contribution in [1.82, 2.24) is 5.32 Å². The van der Waals surface area contributed by atoms with Gasteiger partial charge in [0.05, 0.1) is 6.61 Å². The van der Waals surface area contributed by atoms with Crippen LogP contribution in [0.5, 0.6) is 0 Å². The van der Waals surface area contributed by atoms with Crippen LogP contribution in [0.2, 0.25) is 0 Å². The molecule has 0 aliphatic heterocycles. The number of nitrogens with one attached hydrogen (secondary N) is 1. The number of benzene rings is 1. The van der Waals surface area contributed by atoms with E-state index in [1.807, 2.05) is 6.07 Å². The van der Waals surface area contributed by atoms with Gasteiger partial charge in [0, 0.05) is 30.9 Å². The summed E-state index contributed by atoms with van der Waals surface area (Å²) in [7, 11) is 2.13. The van der Waals surface area contributed by atoms with Crippen LogP contribution in [0.4, 0.5) is 5.69 Å². The molecule has 1 aromatic carbocycles. The third kappa shape index (κ3) is 5.93. The van der Waals surface area contributed by atoms with Crippen molar-refractivity contribution in [2.24, 2.45) is 0 Å². The first-order valence-corrected chi connectivity index (χ1v) is 7.61. The number of hydrogen-bond acceptors (Lipinski definition) is 3. The predicted octanol–water partition coefficient (Wildman–Crippen LogP) is 3.04. The summed E-state index contributed by atoms with van der Waals surface area (Å²) in [5, 5.41) is 13.0. The zero-order chi connectivity index (χ0) is 15.0. The molecule has 20 heavy (non-hydrogen) atoms. The van der Waals surface area contributed by atoms with Crippen LogP contribution in [-0.2, 0) is 0 Å².